The Morgan fingerprint density at radius 1 is 1.02 bits per heavy atom. The van der Waals surface area contributed by atoms with Gasteiger partial charge in [0.25, 0.3) is 5.91 Å². The monoisotopic (exact) mass is 586 g/mol. The van der Waals surface area contributed by atoms with Crippen LogP contribution in [0.1, 0.15) is 47.7 Å². The number of rotatable bonds is 8. The lowest BCUT2D eigenvalue weighted by Crippen LogP contribution is -2.30. The molecule has 0 atom stereocenters. The average Bonchev–Trinajstić information content (AvgIpc) is 3.70. The lowest BCUT2D eigenvalue weighted by atomic mass is 9.89. The maximum atomic E-state index is 14.0. The molecule has 5 aromatic rings. The first-order valence-electron chi connectivity index (χ1n) is 14.3. The van der Waals surface area contributed by atoms with Crippen LogP contribution in [0.3, 0.4) is 0 Å². The van der Waals surface area contributed by atoms with Crippen molar-refractivity contribution in [2.45, 2.75) is 36.9 Å². The molecule has 42 heavy (non-hydrogen) atoms. The van der Waals surface area contributed by atoms with Gasteiger partial charge in [0.15, 0.2) is 9.84 Å². The van der Waals surface area contributed by atoms with Gasteiger partial charge in [-0.05, 0) is 79.8 Å². The standard InChI is InChI=1S/C32H31FN4O4S/c33-24-5-7-25(8-6-24)37-29-17-23-19-35-36-28(23)18-27(29)30(31(37)21-11-14-41-15-12-21)20-1-3-22(4-2-20)32(38)34-13-16-42(39,40)26-9-10-26/h1-8,17-19,21,26H,9-16H2,(H,34,38)(H,35,36). The highest BCUT2D eigenvalue weighted by molar-refractivity contribution is 7.92. The normalized spacial score (nSPS) is 16.3. The van der Waals surface area contributed by atoms with Crippen molar-refractivity contribution in [3.63, 3.8) is 0 Å². The number of carbonyl (C=O) groups excluding carboxylic acids is 1. The minimum atomic E-state index is -3.13. The fourth-order valence-electron chi connectivity index (χ4n) is 6.06. The van der Waals surface area contributed by atoms with E-state index < -0.39 is 9.84 Å². The molecule has 216 valence electrons. The number of aromatic nitrogens is 3. The number of fused-ring (bicyclic) bond motifs is 2. The number of halogens is 1. The van der Waals surface area contributed by atoms with Crippen LogP contribution in [0.4, 0.5) is 4.39 Å². The lowest BCUT2D eigenvalue weighted by molar-refractivity contribution is 0.0843. The number of aromatic amines is 1. The smallest absolute Gasteiger partial charge is 0.251 e. The molecular formula is C32H31FN4O4S. The first kappa shape index (κ1) is 26.9. The SMILES string of the molecule is O=C(NCCS(=O)(=O)C1CC1)c1ccc(-c2c(C3CCOCC3)n(-c3ccc(F)cc3)c3cc4cn[nH]c4cc23)cc1. The number of nitrogens with zero attached hydrogens (tertiary/aromatic N) is 2. The third-order valence-electron chi connectivity index (χ3n) is 8.40. The van der Waals surface area contributed by atoms with Crippen LogP contribution in [-0.2, 0) is 14.6 Å². The molecule has 1 amide bonds. The van der Waals surface area contributed by atoms with Crippen molar-refractivity contribution < 1.29 is 22.3 Å². The molecule has 8 nitrogen and oxygen atoms in total. The van der Waals surface area contributed by atoms with E-state index in [4.69, 9.17) is 4.74 Å². The van der Waals surface area contributed by atoms with Gasteiger partial charge in [-0.2, -0.15) is 5.10 Å². The summed E-state index contributed by atoms with van der Waals surface area (Å²) in [6, 6.07) is 18.2. The van der Waals surface area contributed by atoms with Crippen molar-refractivity contribution in [1.82, 2.24) is 20.1 Å². The first-order valence-corrected chi connectivity index (χ1v) is 16.1. The number of ether oxygens (including phenoxy) is 1. The minimum Gasteiger partial charge on any atom is -0.381 e. The van der Waals surface area contributed by atoms with Crippen molar-refractivity contribution in [1.29, 1.82) is 0 Å². The average molecular weight is 587 g/mol. The predicted octanol–water partition coefficient (Wildman–Crippen LogP) is 5.51. The molecule has 3 heterocycles. The third-order valence-corrected chi connectivity index (χ3v) is 10.7. The van der Waals surface area contributed by atoms with Crippen molar-refractivity contribution in [2.75, 3.05) is 25.5 Å². The minimum absolute atomic E-state index is 0.0408. The number of H-pyrrole nitrogens is 1. The van der Waals surface area contributed by atoms with E-state index in [2.05, 4.69) is 32.2 Å². The molecule has 2 fully saturated rings. The summed E-state index contributed by atoms with van der Waals surface area (Å²) in [7, 11) is -3.13. The summed E-state index contributed by atoms with van der Waals surface area (Å²) in [4.78, 5) is 12.9. The zero-order valence-electron chi connectivity index (χ0n) is 23.0. The molecule has 7 rings (SSSR count). The molecule has 10 heteroatoms. The third kappa shape index (κ3) is 4.98. The Morgan fingerprint density at radius 3 is 2.48 bits per heavy atom. The van der Waals surface area contributed by atoms with Gasteiger partial charge in [-0.1, -0.05) is 12.1 Å². The van der Waals surface area contributed by atoms with Crippen LogP contribution in [0, 0.1) is 5.82 Å². The number of carbonyl (C=O) groups is 1. The van der Waals surface area contributed by atoms with Gasteiger partial charge in [-0.15, -0.1) is 0 Å². The van der Waals surface area contributed by atoms with Gasteiger partial charge in [0.2, 0.25) is 0 Å². The Morgan fingerprint density at radius 2 is 1.76 bits per heavy atom. The molecule has 0 spiro atoms. The van der Waals surface area contributed by atoms with Crippen LogP contribution in [0.25, 0.3) is 38.6 Å². The number of nitrogens with one attached hydrogen (secondary N) is 2. The largest absolute Gasteiger partial charge is 0.381 e. The molecule has 1 saturated heterocycles. The Labute approximate surface area is 242 Å². The quantitative estimate of drug-likeness (QED) is 0.249. The summed E-state index contributed by atoms with van der Waals surface area (Å²) in [5.41, 5.74) is 6.38. The Balaban J connectivity index is 1.31. The van der Waals surface area contributed by atoms with E-state index in [1.54, 1.807) is 30.5 Å². The summed E-state index contributed by atoms with van der Waals surface area (Å²) in [6.45, 7) is 1.42. The van der Waals surface area contributed by atoms with E-state index in [0.717, 1.165) is 70.0 Å². The van der Waals surface area contributed by atoms with E-state index in [9.17, 15) is 17.6 Å². The fourth-order valence-corrected chi connectivity index (χ4v) is 7.64. The van der Waals surface area contributed by atoms with E-state index in [1.807, 2.05) is 12.1 Å². The van der Waals surface area contributed by atoms with Crippen LogP contribution in [-0.4, -0.2) is 59.9 Å². The second kappa shape index (κ2) is 10.7. The van der Waals surface area contributed by atoms with Crippen molar-refractivity contribution in [2.24, 2.45) is 0 Å². The second-order valence-electron chi connectivity index (χ2n) is 11.2. The van der Waals surface area contributed by atoms with Crippen LogP contribution in [0.5, 0.6) is 0 Å². The lowest BCUT2D eigenvalue weighted by Gasteiger charge is -2.26. The van der Waals surface area contributed by atoms with Gasteiger partial charge in [-0.3, -0.25) is 9.89 Å². The number of sulfone groups is 1. The van der Waals surface area contributed by atoms with E-state index >= 15 is 0 Å². The molecule has 2 aliphatic rings. The highest BCUT2D eigenvalue weighted by Gasteiger charge is 2.35. The molecule has 0 radical (unpaired) electrons. The Hall–Kier alpha value is -4.02. The highest BCUT2D eigenvalue weighted by Crippen LogP contribution is 2.44. The van der Waals surface area contributed by atoms with Crippen LogP contribution in [0.2, 0.25) is 0 Å². The summed E-state index contributed by atoms with van der Waals surface area (Å²) < 4.78 is 46.3. The Kier molecular flexibility index (Phi) is 6.82. The number of amides is 1. The molecule has 1 aliphatic carbocycles. The summed E-state index contributed by atoms with van der Waals surface area (Å²) in [5.74, 6) is -0.426. The van der Waals surface area contributed by atoms with Gasteiger partial charge >= 0.3 is 0 Å². The maximum Gasteiger partial charge on any atom is 0.251 e. The number of benzene rings is 3. The van der Waals surface area contributed by atoms with Crippen molar-refractivity contribution >= 4 is 37.6 Å². The van der Waals surface area contributed by atoms with Gasteiger partial charge in [-0.25, -0.2) is 12.8 Å². The fraction of sp³-hybridized carbons (Fsp3) is 0.312. The maximum absolute atomic E-state index is 14.0. The molecule has 0 bridgehead atoms. The van der Waals surface area contributed by atoms with Crippen LogP contribution in [0.15, 0.2) is 66.9 Å². The Bertz CT molecular complexity index is 1890. The van der Waals surface area contributed by atoms with Gasteiger partial charge < -0.3 is 14.6 Å². The molecule has 2 N–H and O–H groups in total. The van der Waals surface area contributed by atoms with Gasteiger partial charge in [0, 0.05) is 59.0 Å². The molecular weight excluding hydrogens is 555 g/mol. The molecule has 0 unspecified atom stereocenters. The molecule has 1 aliphatic heterocycles. The van der Waals surface area contributed by atoms with Gasteiger partial charge in [0.1, 0.15) is 5.82 Å². The summed E-state index contributed by atoms with van der Waals surface area (Å²) in [5, 5.41) is 11.8. The summed E-state index contributed by atoms with van der Waals surface area (Å²) in [6.07, 6.45) is 4.95. The molecule has 1 saturated carbocycles. The molecule has 2 aromatic heterocycles. The highest BCUT2D eigenvalue weighted by atomic mass is 32.2. The second-order valence-corrected chi connectivity index (χ2v) is 13.6. The number of hydrogen-bond acceptors (Lipinski definition) is 5. The predicted molar refractivity (Wildman–Crippen MR) is 160 cm³/mol. The van der Waals surface area contributed by atoms with Gasteiger partial charge in [0.05, 0.1) is 28.2 Å². The van der Waals surface area contributed by atoms with Crippen molar-refractivity contribution in [3.8, 4) is 16.8 Å². The van der Waals surface area contributed by atoms with Crippen LogP contribution < -0.4 is 5.32 Å². The number of hydrogen-bond donors (Lipinski definition) is 2. The zero-order chi connectivity index (χ0) is 28.8. The van der Waals surface area contributed by atoms with Crippen molar-refractivity contribution in [3.05, 3.63) is 83.9 Å². The van der Waals surface area contributed by atoms with E-state index in [1.165, 1.54) is 12.1 Å². The zero-order valence-corrected chi connectivity index (χ0v) is 23.8. The summed E-state index contributed by atoms with van der Waals surface area (Å²) >= 11 is 0. The topological polar surface area (TPSA) is 106 Å². The van der Waals surface area contributed by atoms with E-state index in [-0.39, 0.29) is 35.2 Å². The van der Waals surface area contributed by atoms with E-state index in [0.29, 0.717) is 18.8 Å². The van der Waals surface area contributed by atoms with Crippen LogP contribution >= 0.6 is 0 Å². The molecule has 3 aromatic carbocycles. The first-order chi connectivity index (χ1) is 20.4.